The fraction of sp³-hybridized carbons (Fsp3) is 0.200. The molecule has 17 heavy (non-hydrogen) atoms. The predicted molar refractivity (Wildman–Crippen MR) is 67.6 cm³/mol. The van der Waals surface area contributed by atoms with Gasteiger partial charge in [-0.15, -0.1) is 0 Å². The molecule has 86 valence electrons. The zero-order valence-corrected chi connectivity index (χ0v) is 9.54. The van der Waals surface area contributed by atoms with Gasteiger partial charge >= 0.3 is 0 Å². The van der Waals surface area contributed by atoms with Crippen LogP contribution in [0.3, 0.4) is 0 Å². The average Bonchev–Trinajstić information content (AvgIpc) is 2.41. The molecule has 0 fully saturated rings. The molecule has 2 unspecified atom stereocenters. The van der Waals surface area contributed by atoms with E-state index in [4.69, 9.17) is 10.5 Å². The monoisotopic (exact) mass is 225 g/mol. The smallest absolute Gasteiger partial charge is 0.108 e. The lowest BCUT2D eigenvalue weighted by Gasteiger charge is -2.30. The highest BCUT2D eigenvalue weighted by Crippen LogP contribution is 2.35. The quantitative estimate of drug-likeness (QED) is 0.810. The minimum absolute atomic E-state index is 0.00818. The van der Waals surface area contributed by atoms with Gasteiger partial charge in [0.2, 0.25) is 0 Å². The van der Waals surface area contributed by atoms with Crippen molar-refractivity contribution in [2.45, 2.75) is 12.1 Å². The van der Waals surface area contributed by atoms with Gasteiger partial charge in [-0.25, -0.2) is 0 Å². The van der Waals surface area contributed by atoms with Crippen LogP contribution in [0.25, 0.3) is 0 Å². The average molecular weight is 225 g/mol. The van der Waals surface area contributed by atoms with Gasteiger partial charge in [0.15, 0.2) is 0 Å². The summed E-state index contributed by atoms with van der Waals surface area (Å²) in [6, 6.07) is 18.5. The van der Waals surface area contributed by atoms with Crippen molar-refractivity contribution in [2.75, 3.05) is 6.61 Å². The molecule has 0 bridgehead atoms. The molecule has 2 heteroatoms. The molecular weight excluding hydrogens is 210 g/mol. The van der Waals surface area contributed by atoms with E-state index in [1.54, 1.807) is 0 Å². The Balaban J connectivity index is 2.07. The van der Waals surface area contributed by atoms with Gasteiger partial charge in [0, 0.05) is 0 Å². The number of nitrogens with two attached hydrogens (primary N) is 1. The first-order valence-corrected chi connectivity index (χ1v) is 5.87. The summed E-state index contributed by atoms with van der Waals surface area (Å²) < 4.78 is 5.88. The Morgan fingerprint density at radius 1 is 0.882 bits per heavy atom. The minimum Gasteiger partial charge on any atom is -0.367 e. The number of hydrogen-bond acceptors (Lipinski definition) is 2. The summed E-state index contributed by atoms with van der Waals surface area (Å²) in [7, 11) is 0. The molecule has 0 aliphatic carbocycles. The van der Waals surface area contributed by atoms with Gasteiger partial charge in [-0.05, 0) is 16.7 Å². The number of fused-ring (bicyclic) bond motifs is 1. The van der Waals surface area contributed by atoms with Gasteiger partial charge in [-0.2, -0.15) is 0 Å². The summed E-state index contributed by atoms with van der Waals surface area (Å²) >= 11 is 0. The number of ether oxygens (including phenoxy) is 1. The van der Waals surface area contributed by atoms with Crippen LogP contribution in [0.5, 0.6) is 0 Å². The van der Waals surface area contributed by atoms with Crippen LogP contribution in [0.15, 0.2) is 54.6 Å². The van der Waals surface area contributed by atoms with E-state index in [1.807, 2.05) is 30.3 Å². The third kappa shape index (κ3) is 1.86. The first kappa shape index (κ1) is 10.5. The van der Waals surface area contributed by atoms with Crippen molar-refractivity contribution in [1.82, 2.24) is 0 Å². The zero-order chi connectivity index (χ0) is 11.7. The molecular formula is C15H15NO. The first-order chi connectivity index (χ1) is 8.36. The van der Waals surface area contributed by atoms with E-state index in [2.05, 4.69) is 24.3 Å². The third-order valence-electron chi connectivity index (χ3n) is 3.22. The second-order valence-corrected chi connectivity index (χ2v) is 4.36. The number of benzene rings is 2. The van der Waals surface area contributed by atoms with Gasteiger partial charge in [0.25, 0.3) is 0 Å². The van der Waals surface area contributed by atoms with Gasteiger partial charge in [0.1, 0.15) is 6.10 Å². The van der Waals surface area contributed by atoms with Crippen LogP contribution in [0.2, 0.25) is 0 Å². The molecule has 2 atom stereocenters. The van der Waals surface area contributed by atoms with E-state index in [0.717, 1.165) is 0 Å². The van der Waals surface area contributed by atoms with E-state index in [1.165, 1.54) is 16.7 Å². The Morgan fingerprint density at radius 2 is 1.53 bits per heavy atom. The summed E-state index contributed by atoms with van der Waals surface area (Å²) in [4.78, 5) is 0. The Labute approximate surface area is 101 Å². The zero-order valence-electron chi connectivity index (χ0n) is 9.54. The molecule has 0 spiro atoms. The molecule has 0 radical (unpaired) electrons. The van der Waals surface area contributed by atoms with Crippen LogP contribution in [0, 0.1) is 0 Å². The Morgan fingerprint density at radius 3 is 2.29 bits per heavy atom. The van der Waals surface area contributed by atoms with Crippen molar-refractivity contribution in [3.8, 4) is 0 Å². The van der Waals surface area contributed by atoms with Crippen LogP contribution in [0.4, 0.5) is 0 Å². The van der Waals surface area contributed by atoms with Crippen molar-refractivity contribution in [3.05, 3.63) is 71.3 Å². The van der Waals surface area contributed by atoms with Crippen molar-refractivity contribution in [3.63, 3.8) is 0 Å². The molecule has 2 aromatic rings. The first-order valence-electron chi connectivity index (χ1n) is 5.87. The summed E-state index contributed by atoms with van der Waals surface area (Å²) in [5.41, 5.74) is 9.64. The maximum Gasteiger partial charge on any atom is 0.108 e. The van der Waals surface area contributed by atoms with E-state index < -0.39 is 0 Å². The van der Waals surface area contributed by atoms with E-state index in [0.29, 0.717) is 6.61 Å². The highest BCUT2D eigenvalue weighted by Gasteiger charge is 2.26. The highest BCUT2D eigenvalue weighted by atomic mass is 16.5. The van der Waals surface area contributed by atoms with E-state index in [-0.39, 0.29) is 12.1 Å². The Bertz CT molecular complexity index is 509. The van der Waals surface area contributed by atoms with Crippen molar-refractivity contribution in [1.29, 1.82) is 0 Å². The van der Waals surface area contributed by atoms with Gasteiger partial charge < -0.3 is 10.5 Å². The maximum atomic E-state index is 6.06. The van der Waals surface area contributed by atoms with Crippen LogP contribution < -0.4 is 5.73 Å². The molecule has 0 saturated carbocycles. The van der Waals surface area contributed by atoms with Crippen LogP contribution in [-0.4, -0.2) is 6.61 Å². The topological polar surface area (TPSA) is 35.2 Å². The molecule has 3 rings (SSSR count). The molecule has 1 aliphatic rings. The SMILES string of the molecule is NC1COC(c2ccccc2)c2ccccc21. The second kappa shape index (κ2) is 4.32. The normalized spacial score (nSPS) is 23.1. The standard InChI is InChI=1S/C15H15NO/c16-14-10-17-15(11-6-2-1-3-7-11)13-9-5-4-8-12(13)14/h1-9,14-15H,10,16H2. The summed E-state index contributed by atoms with van der Waals surface area (Å²) in [5.74, 6) is 0. The fourth-order valence-corrected chi connectivity index (χ4v) is 2.37. The van der Waals surface area contributed by atoms with Gasteiger partial charge in [-0.3, -0.25) is 0 Å². The fourth-order valence-electron chi connectivity index (χ4n) is 2.37. The van der Waals surface area contributed by atoms with Crippen LogP contribution >= 0.6 is 0 Å². The van der Waals surface area contributed by atoms with E-state index >= 15 is 0 Å². The van der Waals surface area contributed by atoms with Crippen molar-refractivity contribution >= 4 is 0 Å². The molecule has 0 amide bonds. The number of rotatable bonds is 1. The van der Waals surface area contributed by atoms with Crippen molar-refractivity contribution in [2.24, 2.45) is 5.73 Å². The predicted octanol–water partition coefficient (Wildman–Crippen LogP) is 2.81. The Kier molecular flexibility index (Phi) is 2.67. The number of hydrogen-bond donors (Lipinski definition) is 1. The molecule has 1 aliphatic heterocycles. The largest absolute Gasteiger partial charge is 0.367 e. The van der Waals surface area contributed by atoms with Crippen molar-refractivity contribution < 1.29 is 4.74 Å². The van der Waals surface area contributed by atoms with E-state index in [9.17, 15) is 0 Å². The van der Waals surface area contributed by atoms with Gasteiger partial charge in [0.05, 0.1) is 12.6 Å². The molecule has 2 nitrogen and oxygen atoms in total. The van der Waals surface area contributed by atoms with Gasteiger partial charge in [-0.1, -0.05) is 54.6 Å². The summed E-state index contributed by atoms with van der Waals surface area (Å²) in [6.07, 6.45) is 0.0206. The molecule has 0 aromatic heterocycles. The molecule has 0 saturated heterocycles. The third-order valence-corrected chi connectivity index (χ3v) is 3.22. The molecule has 2 N–H and O–H groups in total. The lowest BCUT2D eigenvalue weighted by molar-refractivity contribution is 0.0543. The molecule has 2 aromatic carbocycles. The highest BCUT2D eigenvalue weighted by molar-refractivity contribution is 5.39. The van der Waals surface area contributed by atoms with Crippen LogP contribution in [0.1, 0.15) is 28.8 Å². The summed E-state index contributed by atoms with van der Waals surface area (Å²) in [6.45, 7) is 0.580. The lowest BCUT2D eigenvalue weighted by Crippen LogP contribution is -2.27. The second-order valence-electron chi connectivity index (χ2n) is 4.36. The molecule has 1 heterocycles. The minimum atomic E-state index is -0.00818. The Hall–Kier alpha value is -1.64. The summed E-state index contributed by atoms with van der Waals surface area (Å²) in [5, 5.41) is 0. The maximum absolute atomic E-state index is 6.06. The van der Waals surface area contributed by atoms with Crippen LogP contribution in [-0.2, 0) is 4.74 Å². The lowest BCUT2D eigenvalue weighted by atomic mass is 9.91.